The molecule has 3 aromatic heterocycles. The molecule has 7 heteroatoms. The highest BCUT2D eigenvalue weighted by Crippen LogP contribution is 2.41. The number of hydrogen-bond donors (Lipinski definition) is 1. The molecule has 0 atom stereocenters. The van der Waals surface area contributed by atoms with Gasteiger partial charge in [0.05, 0.1) is 10.0 Å². The molecule has 3 heterocycles. The van der Waals surface area contributed by atoms with E-state index < -0.39 is 0 Å². The molecule has 5 nitrogen and oxygen atoms in total. The van der Waals surface area contributed by atoms with Gasteiger partial charge in [0.1, 0.15) is 11.5 Å². The van der Waals surface area contributed by atoms with Gasteiger partial charge in [-0.25, -0.2) is 9.97 Å². The Balaban J connectivity index is 1.92. The average molecular weight is 397 g/mol. The van der Waals surface area contributed by atoms with Crippen molar-refractivity contribution in [3.05, 3.63) is 70.9 Å². The number of hydrogen-bond acceptors (Lipinski definition) is 5. The number of nitrogen functional groups attached to an aromatic ring is 1. The molecule has 0 saturated heterocycles. The summed E-state index contributed by atoms with van der Waals surface area (Å²) in [5, 5.41) is 0.830. The van der Waals surface area contributed by atoms with Crippen molar-refractivity contribution in [2.24, 2.45) is 0 Å². The minimum Gasteiger partial charge on any atom is -0.440 e. The number of benzene rings is 1. The second-order valence-electron chi connectivity index (χ2n) is 5.91. The number of aromatic nitrogens is 3. The van der Waals surface area contributed by atoms with Gasteiger partial charge in [-0.15, -0.1) is 0 Å². The largest absolute Gasteiger partial charge is 0.440 e. The Hall–Kier alpha value is -2.89. The highest BCUT2D eigenvalue weighted by Gasteiger charge is 2.21. The molecule has 0 spiro atoms. The van der Waals surface area contributed by atoms with Crippen LogP contribution in [0.25, 0.3) is 33.7 Å². The predicted molar refractivity (Wildman–Crippen MR) is 108 cm³/mol. The summed E-state index contributed by atoms with van der Waals surface area (Å²) in [5.41, 5.74) is 9.81. The van der Waals surface area contributed by atoms with Crippen LogP contribution < -0.4 is 5.73 Å². The van der Waals surface area contributed by atoms with Gasteiger partial charge in [0, 0.05) is 47.8 Å². The lowest BCUT2D eigenvalue weighted by atomic mass is 10.0. The van der Waals surface area contributed by atoms with Crippen molar-refractivity contribution >= 4 is 29.0 Å². The van der Waals surface area contributed by atoms with Crippen LogP contribution in [0.15, 0.2) is 59.4 Å². The van der Waals surface area contributed by atoms with E-state index in [4.69, 9.17) is 33.4 Å². The van der Waals surface area contributed by atoms with Crippen LogP contribution in [0.4, 0.5) is 5.82 Å². The fourth-order valence-electron chi connectivity index (χ4n) is 2.83. The first kappa shape index (κ1) is 17.5. The van der Waals surface area contributed by atoms with E-state index >= 15 is 0 Å². The molecule has 27 heavy (non-hydrogen) atoms. The Labute approximate surface area is 165 Å². The summed E-state index contributed by atoms with van der Waals surface area (Å²) in [6, 6.07) is 11.1. The number of anilines is 1. The molecule has 4 aromatic rings. The van der Waals surface area contributed by atoms with Crippen LogP contribution in [0.3, 0.4) is 0 Å². The SMILES string of the molecule is Cc1nc(-c2cc(-c3cccnc3)cnc2N)c(-c2cccc(Cl)c2Cl)o1. The summed E-state index contributed by atoms with van der Waals surface area (Å²) < 4.78 is 5.84. The molecule has 0 aliphatic rings. The summed E-state index contributed by atoms with van der Waals surface area (Å²) in [6.07, 6.45) is 5.18. The van der Waals surface area contributed by atoms with Crippen LogP contribution in [-0.2, 0) is 0 Å². The van der Waals surface area contributed by atoms with Gasteiger partial charge in [0.2, 0.25) is 0 Å². The molecule has 0 amide bonds. The quantitative estimate of drug-likeness (QED) is 0.482. The van der Waals surface area contributed by atoms with Crippen LogP contribution in [0.5, 0.6) is 0 Å². The summed E-state index contributed by atoms with van der Waals surface area (Å²) in [6.45, 7) is 1.76. The molecular formula is C20H14Cl2N4O. The summed E-state index contributed by atoms with van der Waals surface area (Å²) >= 11 is 12.6. The van der Waals surface area contributed by atoms with Crippen LogP contribution in [0, 0.1) is 6.92 Å². The van der Waals surface area contributed by atoms with Crippen molar-refractivity contribution in [2.45, 2.75) is 6.92 Å². The third kappa shape index (κ3) is 3.27. The Morgan fingerprint density at radius 2 is 1.85 bits per heavy atom. The molecule has 0 aliphatic heterocycles. The van der Waals surface area contributed by atoms with Crippen molar-refractivity contribution in [1.82, 2.24) is 15.0 Å². The topological polar surface area (TPSA) is 77.8 Å². The van der Waals surface area contributed by atoms with Gasteiger partial charge in [-0.2, -0.15) is 0 Å². The fourth-order valence-corrected chi connectivity index (χ4v) is 3.21. The standard InChI is InChI=1S/C20H14Cl2N4O/c1-11-26-18(19(27-11)14-5-2-6-16(21)17(14)22)15-8-13(10-25-20(15)23)12-4-3-7-24-9-12/h2-10H,1H3,(H2,23,25). The number of nitrogens with two attached hydrogens (primary N) is 1. The molecule has 0 bridgehead atoms. The van der Waals surface area contributed by atoms with Gasteiger partial charge >= 0.3 is 0 Å². The first-order valence-electron chi connectivity index (χ1n) is 8.12. The first-order valence-corrected chi connectivity index (χ1v) is 8.88. The predicted octanol–water partition coefficient (Wildman–Crippen LogP) is 5.66. The molecule has 4 rings (SSSR count). The zero-order chi connectivity index (χ0) is 19.0. The Kier molecular flexibility index (Phi) is 4.56. The minimum atomic E-state index is 0.343. The maximum absolute atomic E-state index is 6.39. The van der Waals surface area contributed by atoms with Crippen molar-refractivity contribution < 1.29 is 4.42 Å². The second kappa shape index (κ2) is 7.02. The maximum atomic E-state index is 6.39. The lowest BCUT2D eigenvalue weighted by Gasteiger charge is -2.09. The van der Waals surface area contributed by atoms with Gasteiger partial charge in [0.25, 0.3) is 0 Å². The van der Waals surface area contributed by atoms with E-state index in [0.717, 1.165) is 11.1 Å². The van der Waals surface area contributed by atoms with Gasteiger partial charge in [-0.05, 0) is 24.3 Å². The molecule has 0 fully saturated rings. The molecule has 1 aromatic carbocycles. The van der Waals surface area contributed by atoms with E-state index in [-0.39, 0.29) is 0 Å². The normalized spacial score (nSPS) is 10.9. The number of rotatable bonds is 3. The van der Waals surface area contributed by atoms with Gasteiger partial charge < -0.3 is 10.2 Å². The second-order valence-corrected chi connectivity index (χ2v) is 6.70. The molecule has 134 valence electrons. The molecule has 2 N–H and O–H groups in total. The molecule has 0 unspecified atom stereocenters. The third-order valence-electron chi connectivity index (χ3n) is 4.10. The first-order chi connectivity index (χ1) is 13.0. The van der Waals surface area contributed by atoms with Gasteiger partial charge in [0.15, 0.2) is 11.7 Å². The molecule has 0 radical (unpaired) electrons. The van der Waals surface area contributed by atoms with E-state index in [2.05, 4.69) is 15.0 Å². The van der Waals surface area contributed by atoms with Crippen molar-refractivity contribution in [2.75, 3.05) is 5.73 Å². The van der Waals surface area contributed by atoms with Crippen LogP contribution in [0.2, 0.25) is 10.0 Å². The van der Waals surface area contributed by atoms with Crippen LogP contribution >= 0.6 is 23.2 Å². The number of nitrogens with zero attached hydrogens (tertiary/aromatic N) is 3. The number of pyridine rings is 2. The molecule has 0 saturated carbocycles. The Morgan fingerprint density at radius 3 is 2.63 bits per heavy atom. The van der Waals surface area contributed by atoms with E-state index in [9.17, 15) is 0 Å². The van der Waals surface area contributed by atoms with E-state index in [1.54, 1.807) is 37.6 Å². The molecular weight excluding hydrogens is 383 g/mol. The Bertz CT molecular complexity index is 1130. The van der Waals surface area contributed by atoms with Crippen LogP contribution in [-0.4, -0.2) is 15.0 Å². The zero-order valence-corrected chi connectivity index (χ0v) is 15.8. The lowest BCUT2D eigenvalue weighted by molar-refractivity contribution is 0.534. The monoisotopic (exact) mass is 396 g/mol. The maximum Gasteiger partial charge on any atom is 0.192 e. The lowest BCUT2D eigenvalue weighted by Crippen LogP contribution is -1.96. The third-order valence-corrected chi connectivity index (χ3v) is 4.92. The van der Waals surface area contributed by atoms with Crippen molar-refractivity contribution in [3.63, 3.8) is 0 Å². The highest BCUT2D eigenvalue weighted by atomic mass is 35.5. The van der Waals surface area contributed by atoms with Gasteiger partial charge in [-0.1, -0.05) is 35.3 Å². The van der Waals surface area contributed by atoms with Crippen LogP contribution in [0.1, 0.15) is 5.89 Å². The summed E-state index contributed by atoms with van der Waals surface area (Å²) in [7, 11) is 0. The number of aryl methyl sites for hydroxylation is 1. The minimum absolute atomic E-state index is 0.343. The van der Waals surface area contributed by atoms with Crippen molar-refractivity contribution in [1.29, 1.82) is 0 Å². The number of halogens is 2. The Morgan fingerprint density at radius 1 is 1.00 bits per heavy atom. The van der Waals surface area contributed by atoms with E-state index in [0.29, 0.717) is 44.3 Å². The van der Waals surface area contributed by atoms with Crippen molar-refractivity contribution in [3.8, 4) is 33.7 Å². The highest BCUT2D eigenvalue weighted by molar-refractivity contribution is 6.43. The van der Waals surface area contributed by atoms with Gasteiger partial charge in [-0.3, -0.25) is 4.98 Å². The van der Waals surface area contributed by atoms with E-state index in [1.165, 1.54) is 0 Å². The number of oxazole rings is 1. The molecule has 0 aliphatic carbocycles. The summed E-state index contributed by atoms with van der Waals surface area (Å²) in [5.74, 6) is 1.33. The summed E-state index contributed by atoms with van der Waals surface area (Å²) in [4.78, 5) is 13.0. The zero-order valence-electron chi connectivity index (χ0n) is 14.3. The van der Waals surface area contributed by atoms with E-state index in [1.807, 2.05) is 24.3 Å². The smallest absolute Gasteiger partial charge is 0.192 e. The average Bonchev–Trinajstić information content (AvgIpc) is 3.06. The fraction of sp³-hybridized carbons (Fsp3) is 0.0500.